The smallest absolute Gasteiger partial charge is 0.416 e. The average Bonchev–Trinajstić information content (AvgIpc) is 3.26. The van der Waals surface area contributed by atoms with E-state index in [-0.39, 0.29) is 25.0 Å². The summed E-state index contributed by atoms with van der Waals surface area (Å²) in [6.07, 6.45) is -10.9. The van der Waals surface area contributed by atoms with Crippen LogP contribution in [-0.4, -0.2) is 55.3 Å². The number of carbonyl (C=O) groups is 2. The Labute approximate surface area is 260 Å². The number of benzene rings is 2. The van der Waals surface area contributed by atoms with E-state index in [9.17, 15) is 35.9 Å². The molecule has 0 aliphatic carbocycles. The molecule has 0 unspecified atom stereocenters. The topological polar surface area (TPSA) is 81.2 Å². The van der Waals surface area contributed by atoms with Gasteiger partial charge >= 0.3 is 24.4 Å². The first-order chi connectivity index (χ1) is 21.7. The summed E-state index contributed by atoms with van der Waals surface area (Å²) in [5.41, 5.74) is -0.994. The number of amides is 1. The fourth-order valence-electron chi connectivity index (χ4n) is 5.51. The van der Waals surface area contributed by atoms with Crippen molar-refractivity contribution in [2.24, 2.45) is 0 Å². The first-order valence-electron chi connectivity index (χ1n) is 14.4. The maximum atomic E-state index is 13.6. The normalized spacial score (nSPS) is 18.3. The predicted molar refractivity (Wildman–Crippen MR) is 154 cm³/mol. The zero-order valence-electron chi connectivity index (χ0n) is 25.2. The van der Waals surface area contributed by atoms with Gasteiger partial charge in [0.15, 0.2) is 0 Å². The van der Waals surface area contributed by atoms with Gasteiger partial charge in [-0.2, -0.15) is 26.3 Å². The molecule has 2 aromatic carbocycles. The molecule has 2 saturated heterocycles. The third-order valence-electron chi connectivity index (χ3n) is 8.19. The van der Waals surface area contributed by atoms with E-state index >= 15 is 0 Å². The van der Waals surface area contributed by atoms with Crippen LogP contribution in [-0.2, 0) is 39.6 Å². The highest BCUT2D eigenvalue weighted by Gasteiger charge is 2.43. The summed E-state index contributed by atoms with van der Waals surface area (Å²) in [7, 11) is 2.79. The number of nitrogens with zero attached hydrogens (tertiary/aromatic N) is 3. The standard InChI is InChI=1S/C32H31F6N3O5/c1-18-29(20-14-21(31(33,34)35)16-22(15-20)32(36,37)38)46-30(43)41(18)17-25-23(7-9-27(39-25)40-11-4-12-40)24-13-19(5-8-26(24)44-2)6-10-28(42)45-3/h5,7-9,13-16,18,29H,4,6,10-12,17H2,1-3H3/t18-,29-/m0/s1. The molecule has 0 radical (unpaired) electrons. The molecule has 246 valence electrons. The minimum Gasteiger partial charge on any atom is -0.496 e. The first kappa shape index (κ1) is 32.9. The van der Waals surface area contributed by atoms with Crippen LogP contribution in [0.5, 0.6) is 5.75 Å². The Balaban J connectivity index is 1.52. The van der Waals surface area contributed by atoms with Crippen molar-refractivity contribution in [1.29, 1.82) is 0 Å². The fraction of sp³-hybridized carbons (Fsp3) is 0.406. The van der Waals surface area contributed by atoms with E-state index in [2.05, 4.69) is 0 Å². The van der Waals surface area contributed by atoms with E-state index in [1.54, 1.807) is 6.07 Å². The minimum atomic E-state index is -5.05. The highest BCUT2D eigenvalue weighted by atomic mass is 19.4. The lowest BCUT2D eigenvalue weighted by molar-refractivity contribution is -0.143. The van der Waals surface area contributed by atoms with Gasteiger partial charge in [-0.1, -0.05) is 6.07 Å². The van der Waals surface area contributed by atoms with Gasteiger partial charge in [0.2, 0.25) is 0 Å². The number of hydrogen-bond donors (Lipinski definition) is 0. The van der Waals surface area contributed by atoms with Crippen LogP contribution in [0, 0.1) is 0 Å². The zero-order valence-corrected chi connectivity index (χ0v) is 25.2. The van der Waals surface area contributed by atoms with Crippen molar-refractivity contribution in [2.45, 2.75) is 57.2 Å². The maximum Gasteiger partial charge on any atom is 0.416 e. The largest absolute Gasteiger partial charge is 0.496 e. The van der Waals surface area contributed by atoms with Crippen LogP contribution in [0.2, 0.25) is 0 Å². The van der Waals surface area contributed by atoms with Gasteiger partial charge in [0.1, 0.15) is 17.7 Å². The van der Waals surface area contributed by atoms with E-state index in [0.717, 1.165) is 25.1 Å². The molecule has 1 amide bonds. The van der Waals surface area contributed by atoms with Crippen molar-refractivity contribution >= 4 is 17.9 Å². The van der Waals surface area contributed by atoms with E-state index < -0.39 is 47.3 Å². The monoisotopic (exact) mass is 651 g/mol. The molecule has 0 spiro atoms. The summed E-state index contributed by atoms with van der Waals surface area (Å²) in [5.74, 6) is 0.758. The lowest BCUT2D eigenvalue weighted by Crippen LogP contribution is -2.38. The number of rotatable bonds is 9. The summed E-state index contributed by atoms with van der Waals surface area (Å²) in [5, 5.41) is 0. The quantitative estimate of drug-likeness (QED) is 0.179. The van der Waals surface area contributed by atoms with Crippen molar-refractivity contribution in [3.8, 4) is 16.9 Å². The van der Waals surface area contributed by atoms with Crippen LogP contribution in [0.3, 0.4) is 0 Å². The number of anilines is 1. The number of halogens is 6. The number of aromatic nitrogens is 1. The van der Waals surface area contributed by atoms with E-state index in [1.807, 2.05) is 29.2 Å². The Morgan fingerprint density at radius 2 is 1.63 bits per heavy atom. The second-order valence-corrected chi connectivity index (χ2v) is 11.1. The predicted octanol–water partition coefficient (Wildman–Crippen LogP) is 7.19. The summed E-state index contributed by atoms with van der Waals surface area (Å²) in [6.45, 7) is 2.89. The lowest BCUT2D eigenvalue weighted by atomic mass is 9.96. The molecule has 46 heavy (non-hydrogen) atoms. The lowest BCUT2D eigenvalue weighted by Gasteiger charge is -2.33. The molecule has 3 heterocycles. The van der Waals surface area contributed by atoms with Gasteiger partial charge in [0.25, 0.3) is 0 Å². The van der Waals surface area contributed by atoms with Crippen LogP contribution in [0.15, 0.2) is 48.5 Å². The van der Waals surface area contributed by atoms with Gasteiger partial charge in [-0.3, -0.25) is 9.69 Å². The first-order valence-corrected chi connectivity index (χ1v) is 14.4. The van der Waals surface area contributed by atoms with Crippen molar-refractivity contribution in [3.63, 3.8) is 0 Å². The molecule has 3 aromatic rings. The van der Waals surface area contributed by atoms with E-state index in [1.165, 1.54) is 26.0 Å². The van der Waals surface area contributed by atoms with Crippen molar-refractivity contribution < 1.29 is 50.1 Å². The number of carbonyl (C=O) groups excluding carboxylic acids is 2. The van der Waals surface area contributed by atoms with Crippen molar-refractivity contribution in [1.82, 2.24) is 9.88 Å². The molecule has 5 rings (SSSR count). The van der Waals surface area contributed by atoms with E-state index in [4.69, 9.17) is 19.2 Å². The summed E-state index contributed by atoms with van der Waals surface area (Å²) < 4.78 is 97.2. The molecule has 1 aromatic heterocycles. The van der Waals surface area contributed by atoms with Crippen LogP contribution in [0.4, 0.5) is 37.0 Å². The molecule has 0 saturated carbocycles. The third kappa shape index (κ3) is 6.85. The molecule has 2 fully saturated rings. The van der Waals surface area contributed by atoms with Crippen molar-refractivity contribution in [3.05, 3.63) is 76.5 Å². The van der Waals surface area contributed by atoms with E-state index in [0.29, 0.717) is 46.9 Å². The summed E-state index contributed by atoms with van der Waals surface area (Å²) in [6, 6.07) is 9.27. The van der Waals surface area contributed by atoms with Gasteiger partial charge in [-0.15, -0.1) is 0 Å². The summed E-state index contributed by atoms with van der Waals surface area (Å²) >= 11 is 0. The van der Waals surface area contributed by atoms with Crippen LogP contribution < -0.4 is 9.64 Å². The van der Waals surface area contributed by atoms with Crippen LogP contribution in [0.25, 0.3) is 11.1 Å². The number of methoxy groups -OCH3 is 2. The Morgan fingerprint density at radius 1 is 0.957 bits per heavy atom. The number of pyridine rings is 1. The zero-order chi connectivity index (χ0) is 33.4. The Hall–Kier alpha value is -4.49. The number of ether oxygens (including phenoxy) is 3. The Bertz CT molecular complexity index is 1590. The molecule has 2 atom stereocenters. The number of alkyl halides is 6. The third-order valence-corrected chi connectivity index (χ3v) is 8.19. The average molecular weight is 652 g/mol. The SMILES string of the molecule is COC(=O)CCc1ccc(OC)c(-c2ccc(N3CCC3)nc2CN2C(=O)O[C@H](c3cc(C(F)(F)F)cc(C(F)(F)F)c3)[C@@H]2C)c1. The van der Waals surface area contributed by atoms with Gasteiger partial charge in [0, 0.05) is 30.6 Å². The second kappa shape index (κ2) is 12.7. The number of esters is 1. The van der Waals surface area contributed by atoms with Crippen LogP contribution in [0.1, 0.15) is 53.8 Å². The second-order valence-electron chi connectivity index (χ2n) is 11.1. The van der Waals surface area contributed by atoms with Gasteiger partial charge < -0.3 is 19.1 Å². The highest BCUT2D eigenvalue weighted by Crippen LogP contribution is 2.42. The molecule has 0 N–H and O–H groups in total. The molecular formula is C32H31F6N3O5. The highest BCUT2D eigenvalue weighted by molar-refractivity contribution is 5.76. The summed E-state index contributed by atoms with van der Waals surface area (Å²) in [4.78, 5) is 33.0. The molecule has 0 bridgehead atoms. The molecule has 2 aliphatic heterocycles. The molecule has 14 heteroatoms. The number of cyclic esters (lactones) is 1. The maximum absolute atomic E-state index is 13.6. The van der Waals surface area contributed by atoms with Crippen molar-refractivity contribution in [2.75, 3.05) is 32.2 Å². The fourth-order valence-corrected chi connectivity index (χ4v) is 5.51. The molecule has 2 aliphatic rings. The van der Waals surface area contributed by atoms with Gasteiger partial charge in [-0.25, -0.2) is 9.78 Å². The van der Waals surface area contributed by atoms with Gasteiger partial charge in [-0.05, 0) is 73.4 Å². The Morgan fingerprint density at radius 3 is 2.20 bits per heavy atom. The number of hydrogen-bond acceptors (Lipinski definition) is 7. The Kier molecular flexibility index (Phi) is 9.09. The van der Waals surface area contributed by atoms with Gasteiger partial charge in [0.05, 0.1) is 43.6 Å². The van der Waals surface area contributed by atoms with Crippen LogP contribution >= 0.6 is 0 Å². The number of aryl methyl sites for hydroxylation is 1. The minimum absolute atomic E-state index is 0.0346. The molecular weight excluding hydrogens is 620 g/mol. The molecule has 8 nitrogen and oxygen atoms in total.